The molecule has 8 heteroatoms. The van der Waals surface area contributed by atoms with E-state index in [1.165, 1.54) is 70.6 Å². The molecule has 3 atom stereocenters. The van der Waals surface area contributed by atoms with E-state index in [1.807, 2.05) is 0 Å². The third kappa shape index (κ3) is 15.1. The molecule has 3 unspecified atom stereocenters. The molecule has 0 aliphatic heterocycles. The van der Waals surface area contributed by atoms with Crippen molar-refractivity contribution in [2.45, 2.75) is 141 Å². The first-order chi connectivity index (χ1) is 17.2. The number of hydrogen-bond donors (Lipinski definition) is 6. The van der Waals surface area contributed by atoms with Gasteiger partial charge in [0.25, 0.3) is 0 Å². The molecule has 0 bridgehead atoms. The van der Waals surface area contributed by atoms with E-state index in [4.69, 9.17) is 0 Å². The van der Waals surface area contributed by atoms with Crippen LogP contribution >= 0.6 is 0 Å². The summed E-state index contributed by atoms with van der Waals surface area (Å²) in [5.74, 6) is -4.11. The van der Waals surface area contributed by atoms with Crippen molar-refractivity contribution in [1.82, 2.24) is 0 Å². The van der Waals surface area contributed by atoms with E-state index < -0.39 is 61.5 Å². The van der Waals surface area contributed by atoms with Crippen LogP contribution in [0.1, 0.15) is 129 Å². The topological polar surface area (TPSA) is 156 Å². The van der Waals surface area contributed by atoms with Crippen LogP contribution in [0.25, 0.3) is 0 Å². The SMILES string of the molecule is CCCCCCCCCCCCCCCCCCC(C(=O)O)C(CC(O)CO)(CC(O)CO)C(=O)O. The summed E-state index contributed by atoms with van der Waals surface area (Å²) in [6.45, 7) is 0.814. The highest BCUT2D eigenvalue weighted by Crippen LogP contribution is 2.41. The van der Waals surface area contributed by atoms with Gasteiger partial charge in [-0.15, -0.1) is 0 Å². The first-order valence-corrected chi connectivity index (χ1v) is 14.3. The molecule has 0 heterocycles. The summed E-state index contributed by atoms with van der Waals surface area (Å²) < 4.78 is 0. The Hall–Kier alpha value is -1.22. The van der Waals surface area contributed by atoms with Gasteiger partial charge < -0.3 is 30.6 Å². The largest absolute Gasteiger partial charge is 0.481 e. The molecule has 0 spiro atoms. The molecule has 0 radical (unpaired) electrons. The molecule has 214 valence electrons. The standard InChI is InChI=1S/C28H54O8/c1-2-3-4-5-6-7-8-9-10-11-12-13-14-15-16-17-18-25(26(33)34)28(27(35)36,19-23(31)21-29)20-24(32)22-30/h23-25,29-32H,2-22H2,1H3,(H,33,34)(H,35,36). The molecule has 0 amide bonds. The summed E-state index contributed by atoms with van der Waals surface area (Å²) in [7, 11) is 0. The van der Waals surface area contributed by atoms with Gasteiger partial charge in [0, 0.05) is 0 Å². The minimum Gasteiger partial charge on any atom is -0.481 e. The molecular formula is C28H54O8. The summed E-state index contributed by atoms with van der Waals surface area (Å²) in [5, 5.41) is 58.0. The van der Waals surface area contributed by atoms with E-state index in [2.05, 4.69) is 6.92 Å². The lowest BCUT2D eigenvalue weighted by atomic mass is 9.66. The van der Waals surface area contributed by atoms with E-state index in [0.29, 0.717) is 6.42 Å². The number of unbranched alkanes of at least 4 members (excludes halogenated alkanes) is 15. The molecule has 0 saturated heterocycles. The van der Waals surface area contributed by atoms with Crippen LogP contribution in [0, 0.1) is 11.3 Å². The van der Waals surface area contributed by atoms with E-state index in [-0.39, 0.29) is 6.42 Å². The van der Waals surface area contributed by atoms with Gasteiger partial charge in [0.05, 0.1) is 36.8 Å². The molecule has 0 aromatic rings. The number of carbonyl (C=O) groups is 2. The quantitative estimate of drug-likeness (QED) is 0.0884. The molecule has 0 aliphatic carbocycles. The minimum absolute atomic E-state index is 0.0936. The molecule has 8 nitrogen and oxygen atoms in total. The van der Waals surface area contributed by atoms with Crippen molar-refractivity contribution in [1.29, 1.82) is 0 Å². The maximum Gasteiger partial charge on any atom is 0.310 e. The van der Waals surface area contributed by atoms with Gasteiger partial charge in [-0.3, -0.25) is 9.59 Å². The van der Waals surface area contributed by atoms with Crippen molar-refractivity contribution < 1.29 is 40.2 Å². The lowest BCUT2D eigenvalue weighted by molar-refractivity contribution is -0.170. The summed E-state index contributed by atoms with van der Waals surface area (Å²) in [5.41, 5.74) is -1.98. The van der Waals surface area contributed by atoms with Crippen molar-refractivity contribution >= 4 is 11.9 Å². The number of hydrogen-bond acceptors (Lipinski definition) is 6. The number of aliphatic hydroxyl groups is 4. The lowest BCUT2D eigenvalue weighted by Crippen LogP contribution is -2.48. The van der Waals surface area contributed by atoms with Gasteiger partial charge in [0.2, 0.25) is 0 Å². The Balaban J connectivity index is 4.34. The molecule has 0 aromatic carbocycles. The van der Waals surface area contributed by atoms with Crippen LogP contribution in [0.15, 0.2) is 0 Å². The second-order valence-electron chi connectivity index (χ2n) is 10.5. The summed E-state index contributed by atoms with van der Waals surface area (Å²) >= 11 is 0. The Morgan fingerprint density at radius 3 is 1.22 bits per heavy atom. The fraction of sp³-hybridized carbons (Fsp3) is 0.929. The van der Waals surface area contributed by atoms with Crippen molar-refractivity contribution in [3.8, 4) is 0 Å². The van der Waals surface area contributed by atoms with Crippen molar-refractivity contribution in [2.75, 3.05) is 13.2 Å². The molecule has 6 N–H and O–H groups in total. The van der Waals surface area contributed by atoms with Crippen molar-refractivity contribution in [3.05, 3.63) is 0 Å². The normalized spacial score (nSPS) is 15.8. The van der Waals surface area contributed by atoms with Crippen LogP contribution in [0.5, 0.6) is 0 Å². The molecule has 0 saturated carbocycles. The molecule has 36 heavy (non-hydrogen) atoms. The van der Waals surface area contributed by atoms with Gasteiger partial charge in [-0.2, -0.15) is 0 Å². The van der Waals surface area contributed by atoms with Crippen LogP contribution in [-0.2, 0) is 9.59 Å². The van der Waals surface area contributed by atoms with Gasteiger partial charge in [0.15, 0.2) is 0 Å². The van der Waals surface area contributed by atoms with Gasteiger partial charge in [-0.25, -0.2) is 0 Å². The van der Waals surface area contributed by atoms with E-state index in [9.17, 15) is 40.2 Å². The van der Waals surface area contributed by atoms with Gasteiger partial charge in [-0.1, -0.05) is 110 Å². The monoisotopic (exact) mass is 518 g/mol. The van der Waals surface area contributed by atoms with Crippen LogP contribution in [-0.4, -0.2) is 68.0 Å². The summed E-state index contributed by atoms with van der Waals surface area (Å²) in [4.78, 5) is 24.2. The maximum absolute atomic E-state index is 12.2. The highest BCUT2D eigenvalue weighted by Gasteiger charge is 2.51. The number of carboxylic acids is 2. The Bertz CT molecular complexity index is 542. The van der Waals surface area contributed by atoms with E-state index in [1.54, 1.807) is 0 Å². The van der Waals surface area contributed by atoms with E-state index >= 15 is 0 Å². The van der Waals surface area contributed by atoms with Gasteiger partial charge in [0.1, 0.15) is 0 Å². The molecule has 0 aliphatic rings. The molecule has 0 fully saturated rings. The summed E-state index contributed by atoms with van der Waals surface area (Å²) in [6.07, 6.45) is 15.1. The van der Waals surface area contributed by atoms with Gasteiger partial charge in [-0.05, 0) is 19.3 Å². The second-order valence-corrected chi connectivity index (χ2v) is 10.5. The van der Waals surface area contributed by atoms with Crippen LogP contribution in [0.4, 0.5) is 0 Å². The van der Waals surface area contributed by atoms with Gasteiger partial charge >= 0.3 is 11.9 Å². The number of carboxylic acid groups (broad SMARTS) is 2. The highest BCUT2D eigenvalue weighted by atomic mass is 16.4. The molecule has 0 rings (SSSR count). The highest BCUT2D eigenvalue weighted by molar-refractivity contribution is 5.83. The zero-order valence-corrected chi connectivity index (χ0v) is 22.6. The number of rotatable bonds is 26. The average molecular weight is 519 g/mol. The Morgan fingerprint density at radius 2 is 0.944 bits per heavy atom. The third-order valence-corrected chi connectivity index (χ3v) is 7.36. The number of aliphatic carboxylic acids is 2. The van der Waals surface area contributed by atoms with Crippen LogP contribution in [0.3, 0.4) is 0 Å². The van der Waals surface area contributed by atoms with Crippen LogP contribution < -0.4 is 0 Å². The maximum atomic E-state index is 12.2. The Kier molecular flexibility index (Phi) is 21.1. The number of aliphatic hydroxyl groups excluding tert-OH is 4. The lowest BCUT2D eigenvalue weighted by Gasteiger charge is -2.37. The van der Waals surface area contributed by atoms with Crippen molar-refractivity contribution in [3.63, 3.8) is 0 Å². The zero-order valence-electron chi connectivity index (χ0n) is 22.6. The predicted molar refractivity (Wildman–Crippen MR) is 141 cm³/mol. The average Bonchev–Trinajstić information content (AvgIpc) is 2.84. The van der Waals surface area contributed by atoms with Crippen molar-refractivity contribution in [2.24, 2.45) is 11.3 Å². The Labute approximate surface area is 218 Å². The minimum atomic E-state index is -1.98. The van der Waals surface area contributed by atoms with Crippen LogP contribution in [0.2, 0.25) is 0 Å². The molecule has 0 aromatic heterocycles. The zero-order chi connectivity index (χ0) is 27.2. The fourth-order valence-electron chi connectivity index (χ4n) is 5.19. The summed E-state index contributed by atoms with van der Waals surface area (Å²) in [6, 6.07) is 0. The predicted octanol–water partition coefficient (Wildman–Crippen LogP) is 4.90. The second kappa shape index (κ2) is 21.8. The fourth-order valence-corrected chi connectivity index (χ4v) is 5.19. The third-order valence-electron chi connectivity index (χ3n) is 7.36. The Morgan fingerprint density at radius 1 is 0.611 bits per heavy atom. The first kappa shape index (κ1) is 34.8. The van der Waals surface area contributed by atoms with E-state index in [0.717, 1.165) is 25.7 Å². The smallest absolute Gasteiger partial charge is 0.310 e. The first-order valence-electron chi connectivity index (χ1n) is 14.3. The molecular weight excluding hydrogens is 464 g/mol.